The lowest BCUT2D eigenvalue weighted by Gasteiger charge is -2.22. The summed E-state index contributed by atoms with van der Waals surface area (Å²) in [5, 5.41) is 1.33. The summed E-state index contributed by atoms with van der Waals surface area (Å²) in [5.74, 6) is -0.0972. The third-order valence-corrected chi connectivity index (χ3v) is 9.75. The second-order valence-corrected chi connectivity index (χ2v) is 13.0. The van der Waals surface area contributed by atoms with Crippen molar-refractivity contribution in [3.8, 4) is 50.7 Å². The molecule has 0 amide bonds. The minimum atomic E-state index is -0.358. The topological polar surface area (TPSA) is 30.7 Å². The van der Waals surface area contributed by atoms with Crippen LogP contribution in [0.25, 0.3) is 72.5 Å². The van der Waals surface area contributed by atoms with Gasteiger partial charge in [0.15, 0.2) is 5.82 Å². The molecule has 8 aromatic rings. The van der Waals surface area contributed by atoms with Gasteiger partial charge in [0, 0.05) is 38.6 Å². The van der Waals surface area contributed by atoms with E-state index in [2.05, 4.69) is 74.5 Å². The Hall–Kier alpha value is -5.94. The van der Waals surface area contributed by atoms with Crippen LogP contribution in [0.2, 0.25) is 0 Å². The van der Waals surface area contributed by atoms with Crippen molar-refractivity contribution in [3.05, 3.63) is 162 Å². The smallest absolute Gasteiger partial charge is 0.160 e. The largest absolute Gasteiger partial charge is 0.309 e. The summed E-state index contributed by atoms with van der Waals surface area (Å²) in [4.78, 5) is 10.2. The SMILES string of the molecule is CC1(C)c2ccccc2-c2ccc(-c3cc(-c4ccccc4)nc(-c4ccc(-n5c6ccc(F)cc6c6cc(F)ccc65)cc4)n3)cc21. The molecule has 0 saturated carbocycles. The van der Waals surface area contributed by atoms with Gasteiger partial charge >= 0.3 is 0 Å². The van der Waals surface area contributed by atoms with E-state index in [1.807, 2.05) is 47.0 Å². The normalized spacial score (nSPS) is 13.2. The molecule has 0 radical (unpaired) electrons. The molecule has 3 nitrogen and oxygen atoms in total. The number of nitrogens with zero attached hydrogens (tertiary/aromatic N) is 3. The summed E-state index contributed by atoms with van der Waals surface area (Å²) < 4.78 is 30.6. The first kappa shape index (κ1) is 28.3. The highest BCUT2D eigenvalue weighted by Crippen LogP contribution is 2.49. The molecule has 5 heteroatoms. The maximum absolute atomic E-state index is 14.3. The number of fused-ring (bicyclic) bond motifs is 6. The van der Waals surface area contributed by atoms with Crippen molar-refractivity contribution in [1.29, 1.82) is 0 Å². The van der Waals surface area contributed by atoms with Gasteiger partial charge in [-0.15, -0.1) is 0 Å². The van der Waals surface area contributed by atoms with E-state index < -0.39 is 0 Å². The highest BCUT2D eigenvalue weighted by molar-refractivity contribution is 6.09. The van der Waals surface area contributed by atoms with E-state index in [0.29, 0.717) is 16.6 Å². The summed E-state index contributed by atoms with van der Waals surface area (Å²) in [5.41, 5.74) is 12.1. The molecule has 48 heavy (non-hydrogen) atoms. The van der Waals surface area contributed by atoms with Crippen LogP contribution < -0.4 is 0 Å². The standard InChI is InChI=1S/C43H29F2N3/c1-43(2)36-11-7-6-10-32(36)33-19-14-28(22-37(33)43)39-25-38(26-8-4-3-5-9-26)46-42(47-39)27-12-17-31(18-13-27)48-40-20-15-29(44)23-34(40)35-24-30(45)16-21-41(35)48/h3-25H,1-2H3. The van der Waals surface area contributed by atoms with Gasteiger partial charge < -0.3 is 4.57 Å². The molecular weight excluding hydrogens is 596 g/mol. The van der Waals surface area contributed by atoms with Crippen molar-refractivity contribution < 1.29 is 8.78 Å². The Bertz CT molecular complexity index is 2490. The average Bonchev–Trinajstić information content (AvgIpc) is 3.55. The first-order valence-electron chi connectivity index (χ1n) is 16.0. The van der Waals surface area contributed by atoms with E-state index in [-0.39, 0.29) is 17.0 Å². The number of halogens is 2. The summed E-state index contributed by atoms with van der Waals surface area (Å²) in [6.45, 7) is 4.57. The van der Waals surface area contributed by atoms with Crippen LogP contribution in [0.3, 0.4) is 0 Å². The van der Waals surface area contributed by atoms with Gasteiger partial charge in [-0.1, -0.05) is 80.6 Å². The average molecular weight is 626 g/mol. The van der Waals surface area contributed by atoms with Gasteiger partial charge in [0.05, 0.1) is 22.4 Å². The molecule has 0 bridgehead atoms. The van der Waals surface area contributed by atoms with Crippen LogP contribution in [0.5, 0.6) is 0 Å². The van der Waals surface area contributed by atoms with E-state index in [0.717, 1.165) is 44.8 Å². The minimum Gasteiger partial charge on any atom is -0.309 e. The third-order valence-electron chi connectivity index (χ3n) is 9.75. The molecule has 9 rings (SSSR count). The zero-order chi connectivity index (χ0) is 32.6. The Morgan fingerprint density at radius 2 is 1.08 bits per heavy atom. The number of hydrogen-bond donors (Lipinski definition) is 0. The molecule has 230 valence electrons. The molecule has 6 aromatic carbocycles. The minimum absolute atomic E-state index is 0.125. The third kappa shape index (κ3) is 4.39. The van der Waals surface area contributed by atoms with Crippen molar-refractivity contribution >= 4 is 21.8 Å². The highest BCUT2D eigenvalue weighted by Gasteiger charge is 2.35. The zero-order valence-corrected chi connectivity index (χ0v) is 26.4. The van der Waals surface area contributed by atoms with Crippen molar-refractivity contribution in [1.82, 2.24) is 14.5 Å². The molecule has 0 fully saturated rings. The zero-order valence-electron chi connectivity index (χ0n) is 26.4. The Morgan fingerprint density at radius 1 is 0.500 bits per heavy atom. The quantitative estimate of drug-likeness (QED) is 0.195. The molecule has 2 heterocycles. The van der Waals surface area contributed by atoms with E-state index in [4.69, 9.17) is 9.97 Å². The van der Waals surface area contributed by atoms with Crippen molar-refractivity contribution in [2.45, 2.75) is 19.3 Å². The van der Waals surface area contributed by atoms with E-state index in [1.165, 1.54) is 46.5 Å². The Kier molecular flexibility index (Phi) is 6.21. The summed E-state index contributed by atoms with van der Waals surface area (Å²) in [7, 11) is 0. The van der Waals surface area contributed by atoms with E-state index >= 15 is 0 Å². The van der Waals surface area contributed by atoms with Gasteiger partial charge in [-0.25, -0.2) is 18.7 Å². The van der Waals surface area contributed by atoms with Crippen LogP contribution >= 0.6 is 0 Å². The van der Waals surface area contributed by atoms with Crippen LogP contribution in [-0.2, 0) is 5.41 Å². The van der Waals surface area contributed by atoms with Crippen LogP contribution in [0.1, 0.15) is 25.0 Å². The summed E-state index contributed by atoms with van der Waals surface area (Å²) >= 11 is 0. The number of aromatic nitrogens is 3. The second kappa shape index (κ2) is 10.5. The molecule has 0 saturated heterocycles. The van der Waals surface area contributed by atoms with Gasteiger partial charge in [-0.3, -0.25) is 0 Å². The van der Waals surface area contributed by atoms with E-state index in [1.54, 1.807) is 12.1 Å². The molecular formula is C43H29F2N3. The summed E-state index contributed by atoms with van der Waals surface area (Å²) in [6, 6.07) is 44.9. The number of benzene rings is 6. The lowest BCUT2D eigenvalue weighted by Crippen LogP contribution is -2.14. The molecule has 2 aromatic heterocycles. The molecule has 0 atom stereocenters. The lowest BCUT2D eigenvalue weighted by atomic mass is 9.82. The van der Waals surface area contributed by atoms with E-state index in [9.17, 15) is 8.78 Å². The monoisotopic (exact) mass is 625 g/mol. The van der Waals surface area contributed by atoms with Gasteiger partial charge in [0.25, 0.3) is 0 Å². The fourth-order valence-electron chi connectivity index (χ4n) is 7.35. The maximum atomic E-state index is 14.3. The molecule has 1 aliphatic rings. The maximum Gasteiger partial charge on any atom is 0.160 e. The predicted molar refractivity (Wildman–Crippen MR) is 190 cm³/mol. The van der Waals surface area contributed by atoms with Crippen molar-refractivity contribution in [3.63, 3.8) is 0 Å². The van der Waals surface area contributed by atoms with Crippen LogP contribution in [-0.4, -0.2) is 14.5 Å². The molecule has 0 aliphatic heterocycles. The Labute approximate surface area is 276 Å². The van der Waals surface area contributed by atoms with Crippen LogP contribution in [0.15, 0.2) is 140 Å². The Balaban J connectivity index is 1.17. The fraction of sp³-hybridized carbons (Fsp3) is 0.0698. The molecule has 1 aliphatic carbocycles. The van der Waals surface area contributed by atoms with Crippen molar-refractivity contribution in [2.24, 2.45) is 0 Å². The first-order chi connectivity index (χ1) is 23.3. The van der Waals surface area contributed by atoms with Gasteiger partial charge in [-0.2, -0.15) is 0 Å². The summed E-state index contributed by atoms with van der Waals surface area (Å²) in [6.07, 6.45) is 0. The lowest BCUT2D eigenvalue weighted by molar-refractivity contribution is 0.628. The van der Waals surface area contributed by atoms with Crippen LogP contribution in [0, 0.1) is 11.6 Å². The number of rotatable bonds is 4. The fourth-order valence-corrected chi connectivity index (χ4v) is 7.35. The highest BCUT2D eigenvalue weighted by atomic mass is 19.1. The molecule has 0 spiro atoms. The Morgan fingerprint density at radius 3 is 1.77 bits per heavy atom. The second-order valence-electron chi connectivity index (χ2n) is 13.0. The van der Waals surface area contributed by atoms with Gasteiger partial charge in [0.2, 0.25) is 0 Å². The number of hydrogen-bond acceptors (Lipinski definition) is 2. The van der Waals surface area contributed by atoms with Gasteiger partial charge in [0.1, 0.15) is 11.6 Å². The predicted octanol–water partition coefficient (Wildman–Crippen LogP) is 11.2. The first-order valence-corrected chi connectivity index (χ1v) is 16.0. The van der Waals surface area contributed by atoms with Crippen molar-refractivity contribution in [2.75, 3.05) is 0 Å². The molecule has 0 N–H and O–H groups in total. The molecule has 0 unspecified atom stereocenters. The van der Waals surface area contributed by atoms with Gasteiger partial charge in [-0.05, 0) is 95.1 Å². The van der Waals surface area contributed by atoms with Crippen LogP contribution in [0.4, 0.5) is 8.78 Å².